The molecule has 1 saturated carbocycles. The molecule has 106 valence electrons. The molecule has 4 atom stereocenters. The summed E-state index contributed by atoms with van der Waals surface area (Å²) in [5, 5.41) is 19.9. The fraction of sp³-hybridized carbons (Fsp3) is 0.786. The lowest BCUT2D eigenvalue weighted by Crippen LogP contribution is -2.50. The Balaban J connectivity index is 2.17. The Labute approximate surface area is 112 Å². The highest BCUT2D eigenvalue weighted by Crippen LogP contribution is 2.60. The number of aliphatic carboxylic acids is 1. The van der Waals surface area contributed by atoms with Crippen LogP contribution in [-0.4, -0.2) is 22.5 Å². The van der Waals surface area contributed by atoms with Gasteiger partial charge in [0.05, 0.1) is 11.8 Å². The Morgan fingerprint density at radius 2 is 2.37 bits per heavy atom. The van der Waals surface area contributed by atoms with Crippen LogP contribution in [0.3, 0.4) is 0 Å². The van der Waals surface area contributed by atoms with Crippen LogP contribution in [0.15, 0.2) is 11.6 Å². The van der Waals surface area contributed by atoms with Crippen molar-refractivity contribution >= 4 is 5.97 Å². The number of fused-ring (bicyclic) bond motifs is 1. The summed E-state index contributed by atoms with van der Waals surface area (Å²) in [5.74, 6) is 0.107. The van der Waals surface area contributed by atoms with E-state index in [1.54, 1.807) is 0 Å². The zero-order valence-electron chi connectivity index (χ0n) is 11.5. The smallest absolute Gasteiger partial charge is 0.304 e. The van der Waals surface area contributed by atoms with Crippen LogP contribution in [0.1, 0.15) is 39.5 Å². The molecule has 0 radical (unpaired) electrons. The summed E-state index contributed by atoms with van der Waals surface area (Å²) in [4.78, 5) is 21.5. The van der Waals surface area contributed by atoms with Gasteiger partial charge < -0.3 is 5.11 Å². The first kappa shape index (κ1) is 14.0. The van der Waals surface area contributed by atoms with Gasteiger partial charge in [0, 0.05) is 4.92 Å². The van der Waals surface area contributed by atoms with Gasteiger partial charge in [-0.15, -0.1) is 0 Å². The molecule has 0 amide bonds. The molecule has 1 unspecified atom stereocenters. The van der Waals surface area contributed by atoms with Crippen LogP contribution in [0, 0.1) is 33.3 Å². The second-order valence-corrected chi connectivity index (χ2v) is 6.17. The van der Waals surface area contributed by atoms with Crippen molar-refractivity contribution in [2.45, 2.75) is 39.5 Å². The number of hydrogen-bond donors (Lipinski definition) is 1. The molecule has 5 nitrogen and oxygen atoms in total. The lowest BCUT2D eigenvalue weighted by atomic mass is 9.53. The number of carbonyl (C=O) groups is 1. The molecule has 0 bridgehead atoms. The number of rotatable bonds is 6. The van der Waals surface area contributed by atoms with E-state index in [2.05, 4.69) is 19.9 Å². The first-order chi connectivity index (χ1) is 8.88. The Kier molecular flexibility index (Phi) is 3.65. The maximum atomic E-state index is 11.0. The number of nitro groups is 1. The first-order valence-electron chi connectivity index (χ1n) is 6.92. The summed E-state index contributed by atoms with van der Waals surface area (Å²) >= 11 is 0. The number of nitrogens with zero attached hydrogens (tertiary/aromatic N) is 1. The standard InChI is InChI=1S/C14H21NO4/c1-3-9(2)10-4-11-6-14(7-13(16)17,8-15(18)19)12(11)5-10/h5,9,11-12H,3-4,6-8H2,1-2H3,(H,16,17)/t9?,11-,12+,14+/m1/s1. The van der Waals surface area contributed by atoms with E-state index < -0.39 is 11.4 Å². The minimum absolute atomic E-state index is 0.0839. The van der Waals surface area contributed by atoms with Crippen LogP contribution in [0.25, 0.3) is 0 Å². The van der Waals surface area contributed by atoms with E-state index in [1.807, 2.05) is 0 Å². The summed E-state index contributed by atoms with van der Waals surface area (Å²) < 4.78 is 0. The van der Waals surface area contributed by atoms with Gasteiger partial charge in [0.25, 0.3) is 0 Å². The first-order valence-corrected chi connectivity index (χ1v) is 6.92. The average Bonchev–Trinajstić information content (AvgIpc) is 2.65. The minimum atomic E-state index is -0.925. The fourth-order valence-electron chi connectivity index (χ4n) is 3.84. The monoisotopic (exact) mass is 267 g/mol. The van der Waals surface area contributed by atoms with Gasteiger partial charge in [0.1, 0.15) is 0 Å². The Bertz CT molecular complexity index is 413. The lowest BCUT2D eigenvalue weighted by molar-refractivity contribution is -0.505. The number of carboxylic acids is 1. The van der Waals surface area contributed by atoms with Crippen LogP contribution in [-0.2, 0) is 4.79 Å². The largest absolute Gasteiger partial charge is 0.481 e. The maximum Gasteiger partial charge on any atom is 0.304 e. The number of carboxylic acid groups (broad SMARTS) is 1. The van der Waals surface area contributed by atoms with Crippen LogP contribution in [0.4, 0.5) is 0 Å². The normalized spacial score (nSPS) is 34.1. The summed E-state index contributed by atoms with van der Waals surface area (Å²) in [6, 6.07) is 0. The summed E-state index contributed by atoms with van der Waals surface area (Å²) in [7, 11) is 0. The van der Waals surface area contributed by atoms with E-state index in [1.165, 1.54) is 5.57 Å². The van der Waals surface area contributed by atoms with Crippen LogP contribution >= 0.6 is 0 Å². The number of hydrogen-bond acceptors (Lipinski definition) is 3. The predicted octanol–water partition coefficient (Wildman–Crippen LogP) is 2.74. The van der Waals surface area contributed by atoms with Crippen molar-refractivity contribution in [2.75, 3.05) is 6.54 Å². The molecule has 0 heterocycles. The molecule has 0 aromatic rings. The van der Waals surface area contributed by atoms with E-state index in [-0.39, 0.29) is 23.8 Å². The molecule has 0 aliphatic heterocycles. The van der Waals surface area contributed by atoms with Gasteiger partial charge in [0.2, 0.25) is 6.54 Å². The molecule has 19 heavy (non-hydrogen) atoms. The molecule has 0 saturated heterocycles. The van der Waals surface area contributed by atoms with Gasteiger partial charge >= 0.3 is 5.97 Å². The fourth-order valence-corrected chi connectivity index (χ4v) is 3.84. The Morgan fingerprint density at radius 3 is 2.89 bits per heavy atom. The molecular formula is C14H21NO4. The molecule has 5 heteroatoms. The van der Waals surface area contributed by atoms with Gasteiger partial charge in [-0.3, -0.25) is 14.9 Å². The topological polar surface area (TPSA) is 80.4 Å². The Morgan fingerprint density at radius 1 is 1.68 bits per heavy atom. The van der Waals surface area contributed by atoms with Gasteiger partial charge in [-0.05, 0) is 37.0 Å². The maximum absolute atomic E-state index is 11.0. The van der Waals surface area contributed by atoms with E-state index in [4.69, 9.17) is 5.11 Å². The molecule has 0 spiro atoms. The average molecular weight is 267 g/mol. The summed E-state index contributed by atoms with van der Waals surface area (Å²) in [5.41, 5.74) is 0.725. The van der Waals surface area contributed by atoms with E-state index in [0.29, 0.717) is 18.3 Å². The van der Waals surface area contributed by atoms with Gasteiger partial charge in [-0.1, -0.05) is 25.5 Å². The van der Waals surface area contributed by atoms with Crippen molar-refractivity contribution in [2.24, 2.45) is 23.2 Å². The lowest BCUT2D eigenvalue weighted by Gasteiger charge is -2.48. The van der Waals surface area contributed by atoms with Crippen molar-refractivity contribution in [3.8, 4) is 0 Å². The van der Waals surface area contributed by atoms with E-state index in [0.717, 1.165) is 12.8 Å². The van der Waals surface area contributed by atoms with Gasteiger partial charge in [0.15, 0.2) is 0 Å². The van der Waals surface area contributed by atoms with Gasteiger partial charge in [-0.2, -0.15) is 0 Å². The third kappa shape index (κ3) is 2.51. The van der Waals surface area contributed by atoms with Crippen molar-refractivity contribution in [1.29, 1.82) is 0 Å². The summed E-state index contributed by atoms with van der Waals surface area (Å²) in [6.45, 7) is 4.08. The highest BCUT2D eigenvalue weighted by molar-refractivity contribution is 5.68. The molecular weight excluding hydrogens is 246 g/mol. The Hall–Kier alpha value is -1.39. The van der Waals surface area contributed by atoms with E-state index >= 15 is 0 Å². The highest BCUT2D eigenvalue weighted by Gasteiger charge is 2.58. The molecule has 2 rings (SSSR count). The minimum Gasteiger partial charge on any atom is -0.481 e. The third-order valence-corrected chi connectivity index (χ3v) is 4.97. The highest BCUT2D eigenvalue weighted by atomic mass is 16.6. The molecule has 1 fully saturated rings. The zero-order chi connectivity index (χ0) is 14.2. The molecule has 2 aliphatic rings. The van der Waals surface area contributed by atoms with Crippen molar-refractivity contribution in [3.05, 3.63) is 21.8 Å². The SMILES string of the molecule is CCC(C)C1=C[C@H]2[C@H](C1)C[C@]2(CC(=O)O)C[N+](=O)[O-]. The van der Waals surface area contributed by atoms with Gasteiger partial charge in [-0.25, -0.2) is 0 Å². The van der Waals surface area contributed by atoms with E-state index in [9.17, 15) is 14.9 Å². The predicted molar refractivity (Wildman–Crippen MR) is 70.3 cm³/mol. The number of allylic oxidation sites excluding steroid dienone is 2. The second kappa shape index (κ2) is 4.94. The van der Waals surface area contributed by atoms with Crippen LogP contribution < -0.4 is 0 Å². The van der Waals surface area contributed by atoms with Crippen LogP contribution in [0.2, 0.25) is 0 Å². The third-order valence-electron chi connectivity index (χ3n) is 4.97. The summed E-state index contributed by atoms with van der Waals surface area (Å²) in [6.07, 6.45) is 4.81. The zero-order valence-corrected chi connectivity index (χ0v) is 11.5. The van der Waals surface area contributed by atoms with Crippen molar-refractivity contribution in [1.82, 2.24) is 0 Å². The van der Waals surface area contributed by atoms with Crippen molar-refractivity contribution < 1.29 is 14.8 Å². The van der Waals surface area contributed by atoms with Crippen molar-refractivity contribution in [3.63, 3.8) is 0 Å². The second-order valence-electron chi connectivity index (χ2n) is 6.17. The quantitative estimate of drug-likeness (QED) is 0.456. The molecule has 2 aliphatic carbocycles. The van der Waals surface area contributed by atoms with Crippen LogP contribution in [0.5, 0.6) is 0 Å². The molecule has 0 aromatic heterocycles. The molecule has 0 aromatic carbocycles. The molecule has 1 N–H and O–H groups in total.